The zero-order valence-electron chi connectivity index (χ0n) is 11.8. The van der Waals surface area contributed by atoms with Gasteiger partial charge in [-0.2, -0.15) is 5.10 Å². The fourth-order valence-corrected chi connectivity index (χ4v) is 1.92. The molecule has 0 saturated heterocycles. The highest BCUT2D eigenvalue weighted by Gasteiger charge is 2.19. The van der Waals surface area contributed by atoms with Gasteiger partial charge in [-0.1, -0.05) is 0 Å². The van der Waals surface area contributed by atoms with Crippen LogP contribution in [0.15, 0.2) is 10.7 Å². The highest BCUT2D eigenvalue weighted by atomic mass is 79.9. The predicted molar refractivity (Wildman–Crippen MR) is 75.7 cm³/mol. The number of rotatable bonds is 4. The molecule has 20 heavy (non-hydrogen) atoms. The minimum atomic E-state index is -1.08. The molecular formula is C12H18BrN3O4. The van der Waals surface area contributed by atoms with Crippen LogP contribution >= 0.6 is 15.9 Å². The van der Waals surface area contributed by atoms with Crippen molar-refractivity contribution in [1.29, 1.82) is 0 Å². The van der Waals surface area contributed by atoms with Gasteiger partial charge in [-0.05, 0) is 43.6 Å². The van der Waals surface area contributed by atoms with Crippen LogP contribution < -0.4 is 5.32 Å². The Kier molecular flexibility index (Phi) is 5.15. The van der Waals surface area contributed by atoms with E-state index in [0.29, 0.717) is 4.60 Å². The summed E-state index contributed by atoms with van der Waals surface area (Å²) < 4.78 is 6.87. The number of carboxylic acids is 1. The average Bonchev–Trinajstić information content (AvgIpc) is 2.55. The Balaban J connectivity index is 2.65. The first-order valence-corrected chi connectivity index (χ1v) is 6.84. The molecule has 2 N–H and O–H groups in total. The molecule has 112 valence electrons. The van der Waals surface area contributed by atoms with Crippen molar-refractivity contribution in [2.24, 2.45) is 0 Å². The van der Waals surface area contributed by atoms with E-state index in [9.17, 15) is 9.59 Å². The summed E-state index contributed by atoms with van der Waals surface area (Å²) in [6, 6.07) is 1.08. The highest BCUT2D eigenvalue weighted by Crippen LogP contribution is 2.12. The van der Waals surface area contributed by atoms with Crippen molar-refractivity contribution >= 4 is 28.0 Å². The summed E-state index contributed by atoms with van der Waals surface area (Å²) in [5.41, 5.74) is -0.528. The van der Waals surface area contributed by atoms with Crippen molar-refractivity contribution in [3.05, 3.63) is 16.4 Å². The molecule has 1 amide bonds. The van der Waals surface area contributed by atoms with Crippen LogP contribution in [0.4, 0.5) is 4.79 Å². The lowest BCUT2D eigenvalue weighted by atomic mass is 10.2. The SMILES string of the molecule is CC(Cn1nc(Br)cc1C(=O)O)NC(=O)OC(C)(C)C. The topological polar surface area (TPSA) is 93.5 Å². The maximum atomic E-state index is 11.6. The summed E-state index contributed by atoms with van der Waals surface area (Å²) in [5.74, 6) is -1.08. The minimum absolute atomic E-state index is 0.0507. The number of hydrogen-bond acceptors (Lipinski definition) is 4. The standard InChI is InChI=1S/C12H18BrN3O4/c1-7(14-11(19)20-12(2,3)4)6-16-8(10(17)18)5-9(13)15-16/h5,7H,6H2,1-4H3,(H,14,19)(H,17,18). The second-order valence-corrected chi connectivity index (χ2v) is 6.20. The molecule has 0 aliphatic carbocycles. The van der Waals surface area contributed by atoms with E-state index in [-0.39, 0.29) is 18.3 Å². The van der Waals surface area contributed by atoms with E-state index in [2.05, 4.69) is 26.3 Å². The van der Waals surface area contributed by atoms with Gasteiger partial charge in [0.25, 0.3) is 0 Å². The number of alkyl carbamates (subject to hydrolysis) is 1. The molecule has 0 radical (unpaired) electrons. The zero-order valence-corrected chi connectivity index (χ0v) is 13.4. The molecule has 0 aromatic carbocycles. The maximum absolute atomic E-state index is 11.6. The Morgan fingerprint density at radius 3 is 2.65 bits per heavy atom. The molecule has 1 unspecified atom stereocenters. The molecule has 1 heterocycles. The second kappa shape index (κ2) is 6.25. The molecule has 0 spiro atoms. The van der Waals surface area contributed by atoms with Gasteiger partial charge in [-0.25, -0.2) is 9.59 Å². The first-order chi connectivity index (χ1) is 9.08. The number of nitrogens with zero attached hydrogens (tertiary/aromatic N) is 2. The number of aromatic nitrogens is 2. The number of hydrogen-bond donors (Lipinski definition) is 2. The van der Waals surface area contributed by atoms with Crippen molar-refractivity contribution in [2.75, 3.05) is 0 Å². The fraction of sp³-hybridized carbons (Fsp3) is 0.583. The lowest BCUT2D eigenvalue weighted by Crippen LogP contribution is -2.40. The van der Waals surface area contributed by atoms with Gasteiger partial charge in [-0.3, -0.25) is 4.68 Å². The fourth-order valence-electron chi connectivity index (χ4n) is 1.51. The third-order valence-electron chi connectivity index (χ3n) is 2.18. The monoisotopic (exact) mass is 347 g/mol. The number of aromatic carboxylic acids is 1. The summed E-state index contributed by atoms with van der Waals surface area (Å²) in [6.45, 7) is 7.27. The lowest BCUT2D eigenvalue weighted by Gasteiger charge is -2.22. The zero-order chi connectivity index (χ0) is 15.5. The summed E-state index contributed by atoms with van der Waals surface area (Å²) in [6.07, 6.45) is -0.548. The first kappa shape index (κ1) is 16.5. The highest BCUT2D eigenvalue weighted by molar-refractivity contribution is 9.10. The lowest BCUT2D eigenvalue weighted by molar-refractivity contribution is 0.0503. The molecule has 1 atom stereocenters. The van der Waals surface area contributed by atoms with Crippen LogP contribution in [-0.4, -0.2) is 38.6 Å². The van der Waals surface area contributed by atoms with E-state index in [1.54, 1.807) is 27.7 Å². The number of ether oxygens (including phenoxy) is 1. The number of carbonyl (C=O) groups excluding carboxylic acids is 1. The van der Waals surface area contributed by atoms with Crippen molar-refractivity contribution in [1.82, 2.24) is 15.1 Å². The molecule has 0 aliphatic rings. The van der Waals surface area contributed by atoms with Gasteiger partial charge in [0.2, 0.25) is 0 Å². The van der Waals surface area contributed by atoms with Crippen molar-refractivity contribution in [2.45, 2.75) is 45.9 Å². The van der Waals surface area contributed by atoms with Crippen LogP contribution in [0.25, 0.3) is 0 Å². The number of amides is 1. The van der Waals surface area contributed by atoms with Gasteiger partial charge >= 0.3 is 12.1 Å². The van der Waals surface area contributed by atoms with Crippen LogP contribution in [0, 0.1) is 0 Å². The molecule has 0 bridgehead atoms. The number of nitrogens with one attached hydrogen (secondary N) is 1. The van der Waals surface area contributed by atoms with E-state index < -0.39 is 17.7 Å². The maximum Gasteiger partial charge on any atom is 0.407 e. The third-order valence-corrected chi connectivity index (χ3v) is 2.57. The van der Waals surface area contributed by atoms with E-state index in [4.69, 9.17) is 9.84 Å². The van der Waals surface area contributed by atoms with Crippen LogP contribution in [0.5, 0.6) is 0 Å². The summed E-state index contributed by atoms with van der Waals surface area (Å²) in [4.78, 5) is 22.6. The largest absolute Gasteiger partial charge is 0.477 e. The summed E-state index contributed by atoms with van der Waals surface area (Å²) in [7, 11) is 0. The Hall–Kier alpha value is -1.57. The van der Waals surface area contributed by atoms with Gasteiger partial charge in [0.05, 0.1) is 6.54 Å². The predicted octanol–water partition coefficient (Wildman–Crippen LogP) is 2.26. The molecule has 8 heteroatoms. The van der Waals surface area contributed by atoms with Crippen molar-refractivity contribution in [3.8, 4) is 0 Å². The Morgan fingerprint density at radius 1 is 1.55 bits per heavy atom. The number of carbonyl (C=O) groups is 2. The third kappa shape index (κ3) is 5.20. The number of halogens is 1. The molecule has 7 nitrogen and oxygen atoms in total. The Labute approximate surface area is 125 Å². The van der Waals surface area contributed by atoms with Gasteiger partial charge in [0, 0.05) is 12.1 Å². The van der Waals surface area contributed by atoms with E-state index in [0.717, 1.165) is 0 Å². The van der Waals surface area contributed by atoms with E-state index >= 15 is 0 Å². The summed E-state index contributed by atoms with van der Waals surface area (Å²) in [5, 5.41) is 15.7. The molecule has 1 aromatic rings. The quantitative estimate of drug-likeness (QED) is 0.871. The molecule has 0 aliphatic heterocycles. The van der Waals surface area contributed by atoms with Crippen molar-refractivity contribution in [3.63, 3.8) is 0 Å². The van der Waals surface area contributed by atoms with Gasteiger partial charge in [-0.15, -0.1) is 0 Å². The minimum Gasteiger partial charge on any atom is -0.477 e. The summed E-state index contributed by atoms with van der Waals surface area (Å²) >= 11 is 3.12. The van der Waals surface area contributed by atoms with Crippen LogP contribution in [0.3, 0.4) is 0 Å². The number of carboxylic acid groups (broad SMARTS) is 1. The molecule has 1 rings (SSSR count). The van der Waals surface area contributed by atoms with Gasteiger partial charge < -0.3 is 15.2 Å². The molecule has 1 aromatic heterocycles. The average molecular weight is 348 g/mol. The van der Waals surface area contributed by atoms with E-state index in [1.807, 2.05) is 0 Å². The molecular weight excluding hydrogens is 330 g/mol. The van der Waals surface area contributed by atoms with Gasteiger partial charge in [0.15, 0.2) is 0 Å². The first-order valence-electron chi connectivity index (χ1n) is 6.04. The van der Waals surface area contributed by atoms with Crippen LogP contribution in [-0.2, 0) is 11.3 Å². The molecule has 0 saturated carbocycles. The normalized spacial score (nSPS) is 12.8. The van der Waals surface area contributed by atoms with Crippen LogP contribution in [0.1, 0.15) is 38.2 Å². The molecule has 0 fully saturated rings. The Bertz CT molecular complexity index is 507. The second-order valence-electron chi connectivity index (χ2n) is 5.39. The van der Waals surface area contributed by atoms with Gasteiger partial charge in [0.1, 0.15) is 15.9 Å². The van der Waals surface area contributed by atoms with Crippen LogP contribution in [0.2, 0.25) is 0 Å². The van der Waals surface area contributed by atoms with Crippen molar-refractivity contribution < 1.29 is 19.4 Å². The smallest absolute Gasteiger partial charge is 0.407 e. The Morgan fingerprint density at radius 2 is 2.15 bits per heavy atom. The van der Waals surface area contributed by atoms with E-state index in [1.165, 1.54) is 10.7 Å².